The minimum atomic E-state index is -0.205. The van der Waals surface area contributed by atoms with Crippen molar-refractivity contribution < 1.29 is 9.59 Å². The molecule has 1 unspecified atom stereocenters. The highest BCUT2D eigenvalue weighted by molar-refractivity contribution is 7.10. The summed E-state index contributed by atoms with van der Waals surface area (Å²) in [6.45, 7) is 4.19. The fourth-order valence-corrected chi connectivity index (χ4v) is 3.94. The van der Waals surface area contributed by atoms with Crippen molar-refractivity contribution in [2.45, 2.75) is 39.2 Å². The van der Waals surface area contributed by atoms with Crippen LogP contribution in [0, 0.1) is 6.92 Å². The van der Waals surface area contributed by atoms with E-state index >= 15 is 0 Å². The second-order valence-corrected chi connectivity index (χ2v) is 7.16. The van der Waals surface area contributed by atoms with E-state index in [-0.39, 0.29) is 24.4 Å². The predicted molar refractivity (Wildman–Crippen MR) is 97.2 cm³/mol. The van der Waals surface area contributed by atoms with Crippen molar-refractivity contribution in [2.75, 3.05) is 11.9 Å². The molecule has 0 saturated heterocycles. The molecule has 1 aromatic heterocycles. The Morgan fingerprint density at radius 3 is 2.92 bits per heavy atom. The van der Waals surface area contributed by atoms with Gasteiger partial charge in [0.15, 0.2) is 0 Å². The van der Waals surface area contributed by atoms with Crippen molar-refractivity contribution in [3.63, 3.8) is 0 Å². The summed E-state index contributed by atoms with van der Waals surface area (Å²) < 4.78 is 0. The largest absolute Gasteiger partial charge is 0.324 e. The van der Waals surface area contributed by atoms with Gasteiger partial charge in [-0.3, -0.25) is 9.59 Å². The molecule has 1 N–H and O–H groups in total. The van der Waals surface area contributed by atoms with E-state index in [4.69, 9.17) is 0 Å². The molecule has 1 aliphatic rings. The summed E-state index contributed by atoms with van der Waals surface area (Å²) in [7, 11) is 0. The minimum Gasteiger partial charge on any atom is -0.324 e. The molecule has 0 fully saturated rings. The summed E-state index contributed by atoms with van der Waals surface area (Å²) in [4.78, 5) is 28.0. The first kappa shape index (κ1) is 16.7. The quantitative estimate of drug-likeness (QED) is 0.909. The maximum absolute atomic E-state index is 12.8. The van der Waals surface area contributed by atoms with Crippen LogP contribution < -0.4 is 5.32 Å². The van der Waals surface area contributed by atoms with Crippen LogP contribution in [-0.2, 0) is 9.59 Å². The Kier molecular flexibility index (Phi) is 5.00. The summed E-state index contributed by atoms with van der Waals surface area (Å²) in [5.74, 6) is -0.0937. The monoisotopic (exact) mass is 342 g/mol. The standard InChI is InChI=1S/C19H22N2O2S/c1-3-4-7-18(23)21-12-17(22)20-15-9-8-13(2)11-14(15)19(21)16-6-5-10-24-16/h5-6,8-11,19H,3-4,7,12H2,1-2H3,(H,20,22). The second-order valence-electron chi connectivity index (χ2n) is 6.18. The molecule has 1 aliphatic heterocycles. The van der Waals surface area contributed by atoms with E-state index in [0.29, 0.717) is 6.42 Å². The Labute approximate surface area is 146 Å². The Bertz CT molecular complexity index is 740. The number of aryl methyl sites for hydroxylation is 1. The van der Waals surface area contributed by atoms with Crippen molar-refractivity contribution in [2.24, 2.45) is 0 Å². The van der Waals surface area contributed by atoms with Crippen LogP contribution in [0.15, 0.2) is 35.7 Å². The van der Waals surface area contributed by atoms with Crippen LogP contribution in [0.5, 0.6) is 0 Å². The maximum Gasteiger partial charge on any atom is 0.244 e. The average Bonchev–Trinajstić information content (AvgIpc) is 3.03. The summed E-state index contributed by atoms with van der Waals surface area (Å²) in [6.07, 6.45) is 2.28. The minimum absolute atomic E-state index is 0.0414. The van der Waals surface area contributed by atoms with Gasteiger partial charge in [0, 0.05) is 22.5 Å². The van der Waals surface area contributed by atoms with E-state index in [9.17, 15) is 9.59 Å². The molecule has 2 amide bonds. The Balaban J connectivity index is 2.09. The SMILES string of the molecule is CCCCC(=O)N1CC(=O)Nc2ccc(C)cc2C1c1cccs1. The molecule has 4 nitrogen and oxygen atoms in total. The molecular formula is C19H22N2O2S. The number of carbonyl (C=O) groups excluding carboxylic acids is 2. The summed E-state index contributed by atoms with van der Waals surface area (Å²) in [6, 6.07) is 9.82. The van der Waals surface area contributed by atoms with E-state index in [0.717, 1.165) is 34.5 Å². The fraction of sp³-hybridized carbons (Fsp3) is 0.368. The number of anilines is 1. The number of amides is 2. The Morgan fingerprint density at radius 1 is 1.38 bits per heavy atom. The lowest BCUT2D eigenvalue weighted by Crippen LogP contribution is -2.38. The van der Waals surface area contributed by atoms with Gasteiger partial charge in [-0.1, -0.05) is 37.1 Å². The molecule has 24 heavy (non-hydrogen) atoms. The number of carbonyl (C=O) groups is 2. The van der Waals surface area contributed by atoms with Crippen molar-refractivity contribution >= 4 is 28.8 Å². The normalized spacial score (nSPS) is 17.2. The van der Waals surface area contributed by atoms with Crippen molar-refractivity contribution in [1.82, 2.24) is 4.90 Å². The van der Waals surface area contributed by atoms with Gasteiger partial charge in [0.25, 0.3) is 0 Å². The van der Waals surface area contributed by atoms with Gasteiger partial charge < -0.3 is 10.2 Å². The molecule has 126 valence electrons. The number of fused-ring (bicyclic) bond motifs is 1. The lowest BCUT2D eigenvalue weighted by atomic mass is 9.99. The molecule has 0 bridgehead atoms. The van der Waals surface area contributed by atoms with E-state index in [1.807, 2.05) is 36.6 Å². The molecular weight excluding hydrogens is 320 g/mol. The zero-order chi connectivity index (χ0) is 17.1. The van der Waals surface area contributed by atoms with Gasteiger partial charge in [0.05, 0.1) is 6.04 Å². The van der Waals surface area contributed by atoms with Gasteiger partial charge in [-0.15, -0.1) is 11.3 Å². The highest BCUT2D eigenvalue weighted by atomic mass is 32.1. The summed E-state index contributed by atoms with van der Waals surface area (Å²) >= 11 is 1.62. The molecule has 1 aromatic carbocycles. The Morgan fingerprint density at radius 2 is 2.21 bits per heavy atom. The lowest BCUT2D eigenvalue weighted by molar-refractivity contribution is -0.136. The van der Waals surface area contributed by atoms with Gasteiger partial charge in [-0.25, -0.2) is 0 Å². The maximum atomic E-state index is 12.8. The summed E-state index contributed by atoms with van der Waals surface area (Å²) in [5.41, 5.74) is 2.91. The number of hydrogen-bond donors (Lipinski definition) is 1. The van der Waals surface area contributed by atoms with E-state index < -0.39 is 0 Å². The number of nitrogens with zero attached hydrogens (tertiary/aromatic N) is 1. The van der Waals surface area contributed by atoms with Crippen LogP contribution in [-0.4, -0.2) is 23.3 Å². The molecule has 1 atom stereocenters. The molecule has 0 saturated carbocycles. The number of nitrogens with one attached hydrogen (secondary N) is 1. The summed E-state index contributed by atoms with van der Waals surface area (Å²) in [5, 5.41) is 4.97. The first-order valence-electron chi connectivity index (χ1n) is 8.33. The fourth-order valence-electron chi connectivity index (χ4n) is 3.08. The number of thiophene rings is 1. The average molecular weight is 342 g/mol. The third kappa shape index (κ3) is 3.36. The van der Waals surface area contributed by atoms with Gasteiger partial charge in [-0.05, 0) is 30.9 Å². The van der Waals surface area contributed by atoms with Gasteiger partial charge in [0.1, 0.15) is 6.54 Å². The highest BCUT2D eigenvalue weighted by Gasteiger charge is 2.33. The van der Waals surface area contributed by atoms with Crippen LogP contribution >= 0.6 is 11.3 Å². The highest BCUT2D eigenvalue weighted by Crippen LogP contribution is 2.38. The van der Waals surface area contributed by atoms with Crippen LogP contribution in [0.2, 0.25) is 0 Å². The van der Waals surface area contributed by atoms with E-state index in [2.05, 4.69) is 18.3 Å². The number of hydrogen-bond acceptors (Lipinski definition) is 3. The molecule has 0 radical (unpaired) electrons. The number of rotatable bonds is 4. The van der Waals surface area contributed by atoms with Crippen molar-refractivity contribution in [3.05, 3.63) is 51.7 Å². The number of unbranched alkanes of at least 4 members (excludes halogenated alkanes) is 1. The third-order valence-corrected chi connectivity index (χ3v) is 5.20. The van der Waals surface area contributed by atoms with Crippen LogP contribution in [0.3, 0.4) is 0 Å². The molecule has 3 rings (SSSR count). The predicted octanol–water partition coefficient (Wildman–Crippen LogP) is 4.12. The van der Waals surface area contributed by atoms with Gasteiger partial charge in [0.2, 0.25) is 11.8 Å². The lowest BCUT2D eigenvalue weighted by Gasteiger charge is -2.29. The molecule has 0 aliphatic carbocycles. The van der Waals surface area contributed by atoms with Crippen LogP contribution in [0.25, 0.3) is 0 Å². The van der Waals surface area contributed by atoms with Gasteiger partial charge in [-0.2, -0.15) is 0 Å². The molecule has 2 aromatic rings. The first-order chi connectivity index (χ1) is 11.6. The van der Waals surface area contributed by atoms with Crippen LogP contribution in [0.4, 0.5) is 5.69 Å². The van der Waals surface area contributed by atoms with E-state index in [1.54, 1.807) is 16.2 Å². The smallest absolute Gasteiger partial charge is 0.244 e. The van der Waals surface area contributed by atoms with Crippen molar-refractivity contribution in [1.29, 1.82) is 0 Å². The number of benzene rings is 1. The molecule has 5 heteroatoms. The molecule has 0 spiro atoms. The Hall–Kier alpha value is -2.14. The van der Waals surface area contributed by atoms with E-state index in [1.165, 1.54) is 0 Å². The van der Waals surface area contributed by atoms with Gasteiger partial charge >= 0.3 is 0 Å². The zero-order valence-corrected chi connectivity index (χ0v) is 14.9. The van der Waals surface area contributed by atoms with Crippen LogP contribution in [0.1, 0.15) is 48.2 Å². The first-order valence-corrected chi connectivity index (χ1v) is 9.21. The molecule has 2 heterocycles. The third-order valence-electron chi connectivity index (χ3n) is 4.28. The topological polar surface area (TPSA) is 49.4 Å². The zero-order valence-electron chi connectivity index (χ0n) is 14.0. The second kappa shape index (κ2) is 7.18. The van der Waals surface area contributed by atoms with Crippen molar-refractivity contribution in [3.8, 4) is 0 Å².